The molecule has 2 heterocycles. The number of amides is 2. The third-order valence-electron chi connectivity index (χ3n) is 6.22. The number of benzene rings is 2. The van der Waals surface area contributed by atoms with Crippen molar-refractivity contribution < 1.29 is 14.3 Å². The van der Waals surface area contributed by atoms with Gasteiger partial charge in [0.2, 0.25) is 0 Å². The molecular weight excluding hydrogens is 428 g/mol. The second kappa shape index (κ2) is 10.9. The highest BCUT2D eigenvalue weighted by atomic mass is 16.5. The number of hydrogen-bond acceptors (Lipinski definition) is 5. The van der Waals surface area contributed by atoms with E-state index in [4.69, 9.17) is 4.74 Å². The van der Waals surface area contributed by atoms with Crippen molar-refractivity contribution in [3.05, 3.63) is 89.2 Å². The van der Waals surface area contributed by atoms with Gasteiger partial charge < -0.3 is 15.0 Å². The van der Waals surface area contributed by atoms with E-state index in [0.29, 0.717) is 29.9 Å². The first-order valence-corrected chi connectivity index (χ1v) is 11.5. The quantitative estimate of drug-likeness (QED) is 0.585. The lowest BCUT2D eigenvalue weighted by Crippen LogP contribution is -2.49. The third-order valence-corrected chi connectivity index (χ3v) is 6.22. The highest BCUT2D eigenvalue weighted by Gasteiger charge is 2.25. The maximum Gasteiger partial charge on any atom is 0.256 e. The van der Waals surface area contributed by atoms with Gasteiger partial charge in [0.1, 0.15) is 5.75 Å². The van der Waals surface area contributed by atoms with Gasteiger partial charge in [-0.25, -0.2) is 0 Å². The third kappa shape index (κ3) is 5.61. The number of piperazine rings is 1. The number of ether oxygens (including phenoxy) is 1. The van der Waals surface area contributed by atoms with Gasteiger partial charge in [-0.1, -0.05) is 24.3 Å². The molecule has 1 fully saturated rings. The molecule has 1 aromatic heterocycles. The predicted octanol–water partition coefficient (Wildman–Crippen LogP) is 3.65. The standard InChI is InChI=1S/C27H30N4O3/c1-20-4-3-5-24(25(20)29-26(32)22-10-13-28-14-11-22)27(33)31-18-16-30(17-19-31)15-12-21-6-8-23(34-2)9-7-21/h3-11,13-14H,12,15-19H2,1-2H3,(H,29,32). The van der Waals surface area contributed by atoms with Crippen molar-refractivity contribution in [1.29, 1.82) is 0 Å². The van der Waals surface area contributed by atoms with E-state index in [1.807, 2.05) is 36.1 Å². The van der Waals surface area contributed by atoms with Gasteiger partial charge in [-0.15, -0.1) is 0 Å². The molecule has 2 amide bonds. The van der Waals surface area contributed by atoms with Gasteiger partial charge in [0, 0.05) is 50.7 Å². The zero-order valence-electron chi connectivity index (χ0n) is 19.7. The van der Waals surface area contributed by atoms with Crippen LogP contribution in [0.2, 0.25) is 0 Å². The Bertz CT molecular complexity index is 1120. The van der Waals surface area contributed by atoms with Gasteiger partial charge in [0.05, 0.1) is 18.4 Å². The smallest absolute Gasteiger partial charge is 0.256 e. The summed E-state index contributed by atoms with van der Waals surface area (Å²) in [6.45, 7) is 5.82. The number of aryl methyl sites for hydroxylation is 1. The van der Waals surface area contributed by atoms with E-state index < -0.39 is 0 Å². The number of para-hydroxylation sites is 1. The van der Waals surface area contributed by atoms with Crippen LogP contribution in [0, 0.1) is 6.92 Å². The van der Waals surface area contributed by atoms with Crippen molar-refractivity contribution in [2.75, 3.05) is 45.2 Å². The Hall–Kier alpha value is -3.71. The number of pyridine rings is 1. The van der Waals surface area contributed by atoms with Gasteiger partial charge in [-0.3, -0.25) is 19.5 Å². The molecule has 0 aliphatic carbocycles. The van der Waals surface area contributed by atoms with Crippen molar-refractivity contribution in [3.8, 4) is 5.75 Å². The van der Waals surface area contributed by atoms with Crippen molar-refractivity contribution in [3.63, 3.8) is 0 Å². The van der Waals surface area contributed by atoms with Crippen LogP contribution in [0.3, 0.4) is 0 Å². The van der Waals surface area contributed by atoms with E-state index in [-0.39, 0.29) is 11.8 Å². The number of carbonyl (C=O) groups excluding carboxylic acids is 2. The normalized spacial score (nSPS) is 14.0. The highest BCUT2D eigenvalue weighted by Crippen LogP contribution is 2.24. The average molecular weight is 459 g/mol. The fourth-order valence-corrected chi connectivity index (χ4v) is 4.13. The summed E-state index contributed by atoms with van der Waals surface area (Å²) in [5.41, 5.74) is 3.72. The molecule has 7 heteroatoms. The Labute approximate surface area is 200 Å². The fourth-order valence-electron chi connectivity index (χ4n) is 4.13. The van der Waals surface area contributed by atoms with Crippen LogP contribution in [0.1, 0.15) is 31.8 Å². The highest BCUT2D eigenvalue weighted by molar-refractivity contribution is 6.09. The van der Waals surface area contributed by atoms with Gasteiger partial charge in [0.25, 0.3) is 11.8 Å². The number of anilines is 1. The predicted molar refractivity (Wildman–Crippen MR) is 132 cm³/mol. The summed E-state index contributed by atoms with van der Waals surface area (Å²) in [4.78, 5) is 34.3. The minimum Gasteiger partial charge on any atom is -0.497 e. The van der Waals surface area contributed by atoms with Crippen molar-refractivity contribution in [1.82, 2.24) is 14.8 Å². The van der Waals surface area contributed by atoms with Crippen LogP contribution in [0.4, 0.5) is 5.69 Å². The van der Waals surface area contributed by atoms with E-state index in [1.54, 1.807) is 37.7 Å². The Morgan fingerprint density at radius 1 is 0.971 bits per heavy atom. The first kappa shape index (κ1) is 23.4. The number of methoxy groups -OCH3 is 1. The Morgan fingerprint density at radius 2 is 1.68 bits per heavy atom. The molecule has 2 aromatic carbocycles. The molecule has 1 aliphatic heterocycles. The van der Waals surface area contributed by atoms with Gasteiger partial charge >= 0.3 is 0 Å². The number of rotatable bonds is 7. The molecule has 1 aliphatic rings. The SMILES string of the molecule is COc1ccc(CCN2CCN(C(=O)c3cccc(C)c3NC(=O)c3ccncc3)CC2)cc1. The lowest BCUT2D eigenvalue weighted by atomic mass is 10.1. The second-order valence-electron chi connectivity index (χ2n) is 8.42. The first-order chi connectivity index (χ1) is 16.5. The van der Waals surface area contributed by atoms with Crippen LogP contribution in [-0.4, -0.2) is 66.4 Å². The molecule has 1 saturated heterocycles. The number of carbonyl (C=O) groups is 2. The summed E-state index contributed by atoms with van der Waals surface area (Å²) >= 11 is 0. The molecule has 34 heavy (non-hydrogen) atoms. The van der Waals surface area contributed by atoms with Gasteiger partial charge in [0.15, 0.2) is 0 Å². The number of nitrogens with zero attached hydrogens (tertiary/aromatic N) is 3. The van der Waals surface area contributed by atoms with Crippen LogP contribution in [0.25, 0.3) is 0 Å². The van der Waals surface area contributed by atoms with Crippen molar-refractivity contribution >= 4 is 17.5 Å². The molecule has 0 atom stereocenters. The lowest BCUT2D eigenvalue weighted by molar-refractivity contribution is 0.0639. The molecule has 0 unspecified atom stereocenters. The van der Waals surface area contributed by atoms with Crippen LogP contribution in [-0.2, 0) is 6.42 Å². The fraction of sp³-hybridized carbons (Fsp3) is 0.296. The van der Waals surface area contributed by atoms with Crippen molar-refractivity contribution in [2.45, 2.75) is 13.3 Å². The van der Waals surface area contributed by atoms with E-state index in [1.165, 1.54) is 5.56 Å². The number of aromatic nitrogens is 1. The van der Waals surface area contributed by atoms with Crippen LogP contribution < -0.4 is 10.1 Å². The van der Waals surface area contributed by atoms with E-state index >= 15 is 0 Å². The largest absolute Gasteiger partial charge is 0.497 e. The Kier molecular flexibility index (Phi) is 7.54. The maximum atomic E-state index is 13.4. The zero-order valence-corrected chi connectivity index (χ0v) is 19.7. The molecular formula is C27H30N4O3. The minimum absolute atomic E-state index is 0.0523. The summed E-state index contributed by atoms with van der Waals surface area (Å²) in [7, 11) is 1.67. The summed E-state index contributed by atoms with van der Waals surface area (Å²) in [5.74, 6) is 0.556. The maximum absolute atomic E-state index is 13.4. The average Bonchev–Trinajstić information content (AvgIpc) is 2.89. The van der Waals surface area contributed by atoms with E-state index in [0.717, 1.165) is 37.4 Å². The molecule has 0 bridgehead atoms. The molecule has 4 rings (SSSR count). The number of nitrogens with one attached hydrogen (secondary N) is 1. The number of hydrogen-bond donors (Lipinski definition) is 1. The second-order valence-corrected chi connectivity index (χ2v) is 8.42. The van der Waals surface area contributed by atoms with Crippen molar-refractivity contribution in [2.24, 2.45) is 0 Å². The Morgan fingerprint density at radius 3 is 2.35 bits per heavy atom. The molecule has 176 valence electrons. The summed E-state index contributed by atoms with van der Waals surface area (Å²) < 4.78 is 5.22. The molecule has 0 radical (unpaired) electrons. The lowest BCUT2D eigenvalue weighted by Gasteiger charge is -2.35. The zero-order chi connectivity index (χ0) is 23.9. The topological polar surface area (TPSA) is 74.8 Å². The van der Waals surface area contributed by atoms with Crippen LogP contribution in [0.5, 0.6) is 5.75 Å². The molecule has 3 aromatic rings. The van der Waals surface area contributed by atoms with Crippen LogP contribution >= 0.6 is 0 Å². The summed E-state index contributed by atoms with van der Waals surface area (Å²) in [6, 6.07) is 17.0. The summed E-state index contributed by atoms with van der Waals surface area (Å²) in [6.07, 6.45) is 4.11. The monoisotopic (exact) mass is 458 g/mol. The molecule has 1 N–H and O–H groups in total. The summed E-state index contributed by atoms with van der Waals surface area (Å²) in [5, 5.41) is 2.94. The molecule has 0 saturated carbocycles. The minimum atomic E-state index is -0.255. The Balaban J connectivity index is 1.36. The van der Waals surface area contributed by atoms with E-state index in [9.17, 15) is 9.59 Å². The van der Waals surface area contributed by atoms with E-state index in [2.05, 4.69) is 27.3 Å². The first-order valence-electron chi connectivity index (χ1n) is 11.5. The molecule has 7 nitrogen and oxygen atoms in total. The van der Waals surface area contributed by atoms with Gasteiger partial charge in [-0.2, -0.15) is 0 Å². The molecule has 0 spiro atoms. The van der Waals surface area contributed by atoms with Gasteiger partial charge in [-0.05, 0) is 54.8 Å². The van der Waals surface area contributed by atoms with Crippen LogP contribution in [0.15, 0.2) is 67.0 Å².